The van der Waals surface area contributed by atoms with Crippen molar-refractivity contribution in [1.82, 2.24) is 0 Å². The van der Waals surface area contributed by atoms with Crippen LogP contribution >= 0.6 is 0 Å². The van der Waals surface area contributed by atoms with Gasteiger partial charge in [-0.05, 0) is 18.6 Å². The van der Waals surface area contributed by atoms with E-state index in [-0.39, 0.29) is 5.69 Å². The highest BCUT2D eigenvalue weighted by Crippen LogP contribution is 2.14. The smallest absolute Gasteiger partial charge is 0.326 e. The van der Waals surface area contributed by atoms with Crippen LogP contribution in [0.3, 0.4) is 0 Å². The summed E-state index contributed by atoms with van der Waals surface area (Å²) in [7, 11) is 0. The molecule has 0 aliphatic heterocycles. The molecule has 0 radical (unpaired) electrons. The van der Waals surface area contributed by atoms with E-state index in [1.807, 2.05) is 0 Å². The van der Waals surface area contributed by atoms with Gasteiger partial charge in [0.1, 0.15) is 6.04 Å². The lowest BCUT2D eigenvalue weighted by molar-refractivity contribution is -0.137. The van der Waals surface area contributed by atoms with Gasteiger partial charge in [0.05, 0.1) is 0 Å². The highest BCUT2D eigenvalue weighted by molar-refractivity contribution is 5.77. The van der Waals surface area contributed by atoms with Gasteiger partial charge in [0, 0.05) is 11.8 Å². The van der Waals surface area contributed by atoms with Crippen molar-refractivity contribution >= 4 is 11.7 Å². The maximum Gasteiger partial charge on any atom is 0.326 e. The van der Waals surface area contributed by atoms with Crippen molar-refractivity contribution in [2.45, 2.75) is 19.4 Å². The van der Waals surface area contributed by atoms with Crippen molar-refractivity contribution in [3.8, 4) is 0 Å². The second-order valence-electron chi connectivity index (χ2n) is 3.07. The summed E-state index contributed by atoms with van der Waals surface area (Å²) in [5.41, 5.74) is 0.253. The molecule has 1 aromatic carbocycles. The van der Waals surface area contributed by atoms with Crippen LogP contribution in [-0.4, -0.2) is 17.1 Å². The predicted octanol–water partition coefficient (Wildman–Crippen LogP) is 2.24. The van der Waals surface area contributed by atoms with Gasteiger partial charge < -0.3 is 10.4 Å². The molecular formula is C10H11F2NO2. The molecule has 15 heavy (non-hydrogen) atoms. The van der Waals surface area contributed by atoms with Crippen LogP contribution in [0.4, 0.5) is 14.5 Å². The average molecular weight is 215 g/mol. The minimum absolute atomic E-state index is 0.253. The number of aliphatic carboxylic acids is 1. The monoisotopic (exact) mass is 215 g/mol. The van der Waals surface area contributed by atoms with E-state index in [2.05, 4.69) is 5.32 Å². The number of rotatable bonds is 4. The van der Waals surface area contributed by atoms with E-state index in [0.29, 0.717) is 6.42 Å². The van der Waals surface area contributed by atoms with Gasteiger partial charge in [0.25, 0.3) is 0 Å². The summed E-state index contributed by atoms with van der Waals surface area (Å²) < 4.78 is 25.3. The molecule has 0 saturated heterocycles. The highest BCUT2D eigenvalue weighted by atomic mass is 19.2. The lowest BCUT2D eigenvalue weighted by Gasteiger charge is -2.13. The molecule has 0 aromatic heterocycles. The number of anilines is 1. The number of hydrogen-bond donors (Lipinski definition) is 2. The second kappa shape index (κ2) is 4.72. The molecule has 1 unspecified atom stereocenters. The van der Waals surface area contributed by atoms with Crippen molar-refractivity contribution in [3.63, 3.8) is 0 Å². The first kappa shape index (κ1) is 11.4. The quantitative estimate of drug-likeness (QED) is 0.809. The molecule has 1 rings (SSSR count). The Morgan fingerprint density at radius 3 is 2.60 bits per heavy atom. The third kappa shape index (κ3) is 2.90. The second-order valence-corrected chi connectivity index (χ2v) is 3.07. The number of carboxylic acid groups (broad SMARTS) is 1. The molecule has 0 spiro atoms. The first-order valence-electron chi connectivity index (χ1n) is 4.49. The average Bonchev–Trinajstić information content (AvgIpc) is 2.19. The first-order chi connectivity index (χ1) is 7.04. The fourth-order valence-corrected chi connectivity index (χ4v) is 1.13. The van der Waals surface area contributed by atoms with Gasteiger partial charge in [-0.15, -0.1) is 0 Å². The molecule has 0 amide bonds. The molecule has 1 atom stereocenters. The van der Waals surface area contributed by atoms with Gasteiger partial charge in [0.15, 0.2) is 11.6 Å². The van der Waals surface area contributed by atoms with E-state index >= 15 is 0 Å². The Labute approximate surface area is 85.7 Å². The number of benzene rings is 1. The summed E-state index contributed by atoms with van der Waals surface area (Å²) >= 11 is 0. The number of carboxylic acids is 1. The molecule has 5 heteroatoms. The standard InChI is InChI=1S/C10H11F2NO2/c1-2-9(10(14)15)13-6-3-4-7(11)8(12)5-6/h3-5,9,13H,2H2,1H3,(H,14,15). The SMILES string of the molecule is CCC(Nc1ccc(F)c(F)c1)C(=O)O. The molecule has 0 heterocycles. The van der Waals surface area contributed by atoms with Crippen LogP contribution in [0, 0.1) is 11.6 Å². The van der Waals surface area contributed by atoms with Crippen molar-refractivity contribution in [3.05, 3.63) is 29.8 Å². The zero-order valence-electron chi connectivity index (χ0n) is 8.13. The van der Waals surface area contributed by atoms with Gasteiger partial charge in [-0.25, -0.2) is 13.6 Å². The summed E-state index contributed by atoms with van der Waals surface area (Å²) in [5, 5.41) is 11.3. The third-order valence-corrected chi connectivity index (χ3v) is 1.97. The summed E-state index contributed by atoms with van der Waals surface area (Å²) in [4.78, 5) is 10.7. The van der Waals surface area contributed by atoms with E-state index in [9.17, 15) is 13.6 Å². The maximum atomic E-state index is 12.8. The van der Waals surface area contributed by atoms with E-state index in [1.54, 1.807) is 6.92 Å². The number of hydrogen-bond acceptors (Lipinski definition) is 2. The van der Waals surface area contributed by atoms with Gasteiger partial charge in [-0.1, -0.05) is 6.92 Å². The topological polar surface area (TPSA) is 49.3 Å². The zero-order valence-corrected chi connectivity index (χ0v) is 8.13. The fraction of sp³-hybridized carbons (Fsp3) is 0.300. The molecule has 0 aliphatic carbocycles. The molecule has 3 nitrogen and oxygen atoms in total. The minimum Gasteiger partial charge on any atom is -0.480 e. The Hall–Kier alpha value is -1.65. The Bertz CT molecular complexity index is 368. The molecular weight excluding hydrogens is 204 g/mol. The Kier molecular flexibility index (Phi) is 3.60. The Balaban J connectivity index is 2.80. The highest BCUT2D eigenvalue weighted by Gasteiger charge is 2.14. The van der Waals surface area contributed by atoms with Crippen molar-refractivity contribution in [2.75, 3.05) is 5.32 Å². The van der Waals surface area contributed by atoms with E-state index in [1.165, 1.54) is 6.07 Å². The van der Waals surface area contributed by atoms with Gasteiger partial charge >= 0.3 is 5.97 Å². The van der Waals surface area contributed by atoms with Crippen LogP contribution in [0.2, 0.25) is 0 Å². The molecule has 0 aliphatic rings. The largest absolute Gasteiger partial charge is 0.480 e. The van der Waals surface area contributed by atoms with Gasteiger partial charge in [0.2, 0.25) is 0 Å². The Morgan fingerprint density at radius 1 is 1.47 bits per heavy atom. The zero-order chi connectivity index (χ0) is 11.4. The fourth-order valence-electron chi connectivity index (χ4n) is 1.13. The first-order valence-corrected chi connectivity index (χ1v) is 4.49. The van der Waals surface area contributed by atoms with E-state index < -0.39 is 23.6 Å². The van der Waals surface area contributed by atoms with E-state index in [4.69, 9.17) is 5.11 Å². The van der Waals surface area contributed by atoms with Crippen LogP contribution in [0.5, 0.6) is 0 Å². The van der Waals surface area contributed by atoms with Crippen molar-refractivity contribution in [2.24, 2.45) is 0 Å². The van der Waals surface area contributed by atoms with Crippen LogP contribution in [0.1, 0.15) is 13.3 Å². The molecule has 2 N–H and O–H groups in total. The third-order valence-electron chi connectivity index (χ3n) is 1.97. The van der Waals surface area contributed by atoms with Crippen LogP contribution in [0.15, 0.2) is 18.2 Å². The molecule has 0 bridgehead atoms. The van der Waals surface area contributed by atoms with Gasteiger partial charge in [-0.2, -0.15) is 0 Å². The molecule has 1 aromatic rings. The van der Waals surface area contributed by atoms with Crippen LogP contribution in [0.25, 0.3) is 0 Å². The van der Waals surface area contributed by atoms with Crippen LogP contribution < -0.4 is 5.32 Å². The summed E-state index contributed by atoms with van der Waals surface area (Å²) in [6.07, 6.45) is 0.355. The molecule has 0 saturated carbocycles. The summed E-state index contributed by atoms with van der Waals surface area (Å²) in [6.45, 7) is 1.69. The number of halogens is 2. The lowest BCUT2D eigenvalue weighted by atomic mass is 10.2. The van der Waals surface area contributed by atoms with Crippen molar-refractivity contribution in [1.29, 1.82) is 0 Å². The Morgan fingerprint density at radius 2 is 2.13 bits per heavy atom. The lowest BCUT2D eigenvalue weighted by Crippen LogP contribution is -2.28. The molecule has 0 fully saturated rings. The summed E-state index contributed by atoms with van der Waals surface area (Å²) in [6, 6.07) is 2.38. The van der Waals surface area contributed by atoms with Crippen molar-refractivity contribution < 1.29 is 18.7 Å². The summed E-state index contributed by atoms with van der Waals surface area (Å²) in [5.74, 6) is -2.98. The normalized spacial score (nSPS) is 12.2. The van der Waals surface area contributed by atoms with E-state index in [0.717, 1.165) is 12.1 Å². The number of nitrogens with one attached hydrogen (secondary N) is 1. The maximum absolute atomic E-state index is 12.8. The minimum atomic E-state index is -1.03. The number of carbonyl (C=O) groups is 1. The van der Waals surface area contributed by atoms with Crippen LogP contribution in [-0.2, 0) is 4.79 Å². The van der Waals surface area contributed by atoms with Gasteiger partial charge in [-0.3, -0.25) is 0 Å². The molecule has 82 valence electrons. The predicted molar refractivity (Wildman–Crippen MR) is 51.7 cm³/mol.